The number of carbonyl (C=O) groups is 3. The van der Waals surface area contributed by atoms with Gasteiger partial charge in [-0.25, -0.2) is 4.79 Å². The number of aryl methyl sites for hydroxylation is 1. The van der Waals surface area contributed by atoms with Crippen LogP contribution in [0.3, 0.4) is 0 Å². The molecule has 1 aliphatic heterocycles. The molecular formula is C18H17N3O4. The Morgan fingerprint density at radius 1 is 1.24 bits per heavy atom. The Kier molecular flexibility index (Phi) is 3.56. The third-order valence-electron chi connectivity index (χ3n) is 4.76. The van der Waals surface area contributed by atoms with Crippen molar-refractivity contribution in [1.82, 2.24) is 15.5 Å². The summed E-state index contributed by atoms with van der Waals surface area (Å²) < 4.78 is 5.14. The van der Waals surface area contributed by atoms with E-state index >= 15 is 0 Å². The number of fused-ring (bicyclic) bond motifs is 2. The lowest BCUT2D eigenvalue weighted by Gasteiger charge is -2.22. The number of rotatable bonds is 4. The molecule has 2 aromatic rings. The third kappa shape index (κ3) is 2.48. The van der Waals surface area contributed by atoms with Crippen LogP contribution in [0.15, 0.2) is 47.1 Å². The van der Waals surface area contributed by atoms with Gasteiger partial charge in [-0.2, -0.15) is 0 Å². The highest BCUT2D eigenvalue weighted by Gasteiger charge is 2.55. The van der Waals surface area contributed by atoms with Crippen LogP contribution in [-0.4, -0.2) is 29.3 Å². The van der Waals surface area contributed by atoms with Gasteiger partial charge in [0, 0.05) is 0 Å². The van der Waals surface area contributed by atoms with E-state index < -0.39 is 17.5 Å². The average molecular weight is 339 g/mol. The number of nitrogens with one attached hydrogen (secondary N) is 2. The first-order chi connectivity index (χ1) is 12.1. The van der Waals surface area contributed by atoms with Crippen molar-refractivity contribution in [2.45, 2.75) is 24.9 Å². The van der Waals surface area contributed by atoms with E-state index in [0.717, 1.165) is 22.4 Å². The number of nitrogens with zero attached hydrogens (tertiary/aromatic N) is 1. The van der Waals surface area contributed by atoms with Gasteiger partial charge in [-0.3, -0.25) is 14.5 Å². The summed E-state index contributed by atoms with van der Waals surface area (Å²) in [5.74, 6) is -0.175. The topological polar surface area (TPSA) is 91.7 Å². The van der Waals surface area contributed by atoms with Crippen molar-refractivity contribution >= 4 is 17.8 Å². The predicted molar refractivity (Wildman–Crippen MR) is 87.2 cm³/mol. The quantitative estimate of drug-likeness (QED) is 0.821. The minimum Gasteiger partial charge on any atom is -0.467 e. The van der Waals surface area contributed by atoms with E-state index in [4.69, 9.17) is 4.42 Å². The van der Waals surface area contributed by atoms with E-state index in [2.05, 4.69) is 10.6 Å². The van der Waals surface area contributed by atoms with E-state index in [1.165, 1.54) is 6.26 Å². The first-order valence-electron chi connectivity index (χ1n) is 8.12. The molecule has 2 N–H and O–H groups in total. The molecule has 0 saturated carbocycles. The Bertz CT molecular complexity index is 846. The van der Waals surface area contributed by atoms with E-state index in [-0.39, 0.29) is 19.0 Å². The number of carbonyl (C=O) groups excluding carboxylic acids is 3. The van der Waals surface area contributed by atoms with Crippen LogP contribution < -0.4 is 10.6 Å². The summed E-state index contributed by atoms with van der Waals surface area (Å²) in [5, 5.41) is 5.44. The van der Waals surface area contributed by atoms with Gasteiger partial charge < -0.3 is 15.1 Å². The maximum absolute atomic E-state index is 12.9. The molecule has 1 aliphatic carbocycles. The molecule has 7 nitrogen and oxygen atoms in total. The number of imide groups is 1. The summed E-state index contributed by atoms with van der Waals surface area (Å²) in [6.07, 6.45) is 2.75. The van der Waals surface area contributed by atoms with Gasteiger partial charge in [0.2, 0.25) is 5.91 Å². The Balaban J connectivity index is 1.48. The number of hydrogen-bond donors (Lipinski definition) is 2. The normalized spacial score (nSPS) is 21.5. The van der Waals surface area contributed by atoms with Gasteiger partial charge in [0.05, 0.1) is 12.8 Å². The molecule has 2 aliphatic rings. The van der Waals surface area contributed by atoms with Crippen molar-refractivity contribution in [3.63, 3.8) is 0 Å². The van der Waals surface area contributed by atoms with E-state index in [9.17, 15) is 14.4 Å². The fourth-order valence-electron chi connectivity index (χ4n) is 3.53. The molecule has 4 amide bonds. The van der Waals surface area contributed by atoms with Crippen molar-refractivity contribution in [3.8, 4) is 0 Å². The van der Waals surface area contributed by atoms with Crippen LogP contribution in [-0.2, 0) is 28.1 Å². The summed E-state index contributed by atoms with van der Waals surface area (Å²) >= 11 is 0. The molecule has 1 spiro atoms. The summed E-state index contributed by atoms with van der Waals surface area (Å²) in [7, 11) is 0. The lowest BCUT2D eigenvalue weighted by molar-refractivity contribution is -0.135. The first kappa shape index (κ1) is 15.4. The fourth-order valence-corrected chi connectivity index (χ4v) is 3.53. The third-order valence-corrected chi connectivity index (χ3v) is 4.76. The number of furan rings is 1. The van der Waals surface area contributed by atoms with Gasteiger partial charge in [-0.1, -0.05) is 24.3 Å². The van der Waals surface area contributed by atoms with E-state index in [1.54, 1.807) is 12.1 Å². The minimum absolute atomic E-state index is 0.212. The summed E-state index contributed by atoms with van der Waals surface area (Å²) in [6, 6.07) is 10.5. The second-order valence-electron chi connectivity index (χ2n) is 6.24. The summed E-state index contributed by atoms with van der Waals surface area (Å²) in [5.41, 5.74) is 0.849. The minimum atomic E-state index is -1.03. The lowest BCUT2D eigenvalue weighted by atomic mass is 9.92. The highest BCUT2D eigenvalue weighted by Crippen LogP contribution is 2.41. The Morgan fingerprint density at radius 3 is 2.88 bits per heavy atom. The van der Waals surface area contributed by atoms with Gasteiger partial charge >= 0.3 is 6.03 Å². The van der Waals surface area contributed by atoms with Crippen LogP contribution in [0.25, 0.3) is 0 Å². The molecule has 1 aromatic carbocycles. The average Bonchev–Trinajstić information content (AvgIpc) is 3.31. The van der Waals surface area contributed by atoms with Gasteiger partial charge in [-0.15, -0.1) is 0 Å². The van der Waals surface area contributed by atoms with Gasteiger partial charge in [-0.05, 0) is 36.1 Å². The molecule has 4 rings (SSSR count). The zero-order valence-corrected chi connectivity index (χ0v) is 13.5. The van der Waals surface area contributed by atoms with Crippen LogP contribution in [0.2, 0.25) is 0 Å². The standard InChI is InChI=1S/C18H17N3O4/c22-15(19-10-13-5-3-9-25-13)11-21-16(23)18(20-17(21)24)8-7-12-4-1-2-6-14(12)18/h1-6,9H,7-8,10-11H2,(H,19,22)(H,20,24). The summed E-state index contributed by atoms with van der Waals surface area (Å²) in [6.45, 7) is -0.0985. The number of hydrogen-bond acceptors (Lipinski definition) is 4. The van der Waals surface area contributed by atoms with Crippen LogP contribution in [0, 0.1) is 0 Å². The molecule has 128 valence electrons. The molecule has 7 heteroatoms. The largest absolute Gasteiger partial charge is 0.467 e. The molecule has 1 saturated heterocycles. The maximum Gasteiger partial charge on any atom is 0.325 e. The fraction of sp³-hybridized carbons (Fsp3) is 0.278. The van der Waals surface area contributed by atoms with Gasteiger partial charge in [0.1, 0.15) is 17.8 Å². The Hall–Kier alpha value is -3.09. The molecule has 0 radical (unpaired) electrons. The highest BCUT2D eigenvalue weighted by molar-refractivity contribution is 6.09. The number of benzene rings is 1. The molecule has 1 fully saturated rings. The number of amides is 4. The van der Waals surface area contributed by atoms with E-state index in [0.29, 0.717) is 12.2 Å². The Labute approximate surface area is 144 Å². The van der Waals surface area contributed by atoms with Crippen molar-refractivity contribution in [2.24, 2.45) is 0 Å². The van der Waals surface area contributed by atoms with Crippen molar-refractivity contribution in [3.05, 3.63) is 59.5 Å². The Morgan fingerprint density at radius 2 is 2.08 bits per heavy atom. The molecule has 2 heterocycles. The van der Waals surface area contributed by atoms with Crippen LogP contribution in [0.1, 0.15) is 23.3 Å². The highest BCUT2D eigenvalue weighted by atomic mass is 16.3. The zero-order chi connectivity index (χ0) is 17.4. The van der Waals surface area contributed by atoms with Gasteiger partial charge in [0.25, 0.3) is 5.91 Å². The van der Waals surface area contributed by atoms with Crippen molar-refractivity contribution < 1.29 is 18.8 Å². The van der Waals surface area contributed by atoms with Crippen LogP contribution in [0.5, 0.6) is 0 Å². The van der Waals surface area contributed by atoms with Crippen LogP contribution >= 0.6 is 0 Å². The first-order valence-corrected chi connectivity index (χ1v) is 8.12. The molecule has 1 atom stereocenters. The SMILES string of the molecule is O=C(CN1C(=O)NC2(CCc3ccccc32)C1=O)NCc1ccco1. The molecule has 1 unspecified atom stereocenters. The monoisotopic (exact) mass is 339 g/mol. The van der Waals surface area contributed by atoms with Gasteiger partial charge in [0.15, 0.2) is 0 Å². The molecule has 1 aromatic heterocycles. The molecular weight excluding hydrogens is 322 g/mol. The maximum atomic E-state index is 12.9. The zero-order valence-electron chi connectivity index (χ0n) is 13.5. The second-order valence-corrected chi connectivity index (χ2v) is 6.24. The smallest absolute Gasteiger partial charge is 0.325 e. The summed E-state index contributed by atoms with van der Waals surface area (Å²) in [4.78, 5) is 38.3. The molecule has 0 bridgehead atoms. The molecule has 25 heavy (non-hydrogen) atoms. The van der Waals surface area contributed by atoms with Crippen molar-refractivity contribution in [2.75, 3.05) is 6.54 Å². The predicted octanol–water partition coefficient (Wildman–Crippen LogP) is 1.29. The lowest BCUT2D eigenvalue weighted by Crippen LogP contribution is -2.43. The second kappa shape index (κ2) is 5.77. The van der Waals surface area contributed by atoms with Crippen molar-refractivity contribution in [1.29, 1.82) is 0 Å². The van der Waals surface area contributed by atoms with Crippen LogP contribution in [0.4, 0.5) is 4.79 Å². The number of urea groups is 1. The van der Waals surface area contributed by atoms with E-state index in [1.807, 2.05) is 24.3 Å².